The number of piperidine rings is 1. The summed E-state index contributed by atoms with van der Waals surface area (Å²) in [7, 11) is 0. The van der Waals surface area contributed by atoms with Gasteiger partial charge in [-0.3, -0.25) is 9.59 Å². The number of hydrogen-bond acceptors (Lipinski definition) is 5. The Morgan fingerprint density at radius 2 is 1.87 bits per heavy atom. The van der Waals surface area contributed by atoms with E-state index in [0.29, 0.717) is 64.2 Å². The molecule has 2 N–H and O–H groups in total. The maximum atomic E-state index is 14.1. The molecule has 0 saturated carbocycles. The van der Waals surface area contributed by atoms with Crippen LogP contribution in [0, 0.1) is 23.0 Å². The predicted molar refractivity (Wildman–Crippen MR) is 107 cm³/mol. The van der Waals surface area contributed by atoms with E-state index in [1.165, 1.54) is 6.07 Å². The summed E-state index contributed by atoms with van der Waals surface area (Å²) < 4.78 is 38.2. The van der Waals surface area contributed by atoms with E-state index >= 15 is 0 Å². The summed E-state index contributed by atoms with van der Waals surface area (Å²) in [6.45, 7) is 1.88. The predicted octanol–water partition coefficient (Wildman–Crippen LogP) is 2.68. The van der Waals surface area contributed by atoms with Gasteiger partial charge in [0.2, 0.25) is 11.8 Å². The number of aromatic nitrogens is 1. The Hall–Kier alpha value is -2.81. The summed E-state index contributed by atoms with van der Waals surface area (Å²) in [5, 5.41) is 3.93. The van der Waals surface area contributed by atoms with Crippen LogP contribution in [0.1, 0.15) is 31.4 Å². The van der Waals surface area contributed by atoms with Crippen LogP contribution in [0.2, 0.25) is 0 Å². The number of likely N-dealkylation sites (tertiary alicyclic amines) is 1. The molecule has 3 heterocycles. The van der Waals surface area contributed by atoms with Crippen molar-refractivity contribution in [2.24, 2.45) is 17.1 Å². The average Bonchev–Trinajstić information content (AvgIpc) is 3.21. The molecule has 2 amide bonds. The lowest BCUT2D eigenvalue weighted by atomic mass is 9.74. The number of carbonyl (C=O) groups is 2. The highest BCUT2D eigenvalue weighted by Crippen LogP contribution is 2.38. The van der Waals surface area contributed by atoms with Crippen LogP contribution >= 0.6 is 0 Å². The van der Waals surface area contributed by atoms with Gasteiger partial charge in [-0.05, 0) is 37.8 Å². The van der Waals surface area contributed by atoms with Crippen molar-refractivity contribution in [1.82, 2.24) is 10.1 Å². The number of primary amides is 1. The van der Waals surface area contributed by atoms with Gasteiger partial charge in [0.15, 0.2) is 0 Å². The Morgan fingerprint density at radius 3 is 2.52 bits per heavy atom. The van der Waals surface area contributed by atoms with E-state index in [1.54, 1.807) is 11.0 Å². The van der Waals surface area contributed by atoms with Crippen molar-refractivity contribution in [3.8, 4) is 11.3 Å². The van der Waals surface area contributed by atoms with Crippen molar-refractivity contribution < 1.29 is 27.6 Å². The number of hydrogen-bond donors (Lipinski definition) is 1. The zero-order valence-corrected chi connectivity index (χ0v) is 17.1. The maximum Gasteiger partial charge on any atom is 0.229 e. The summed E-state index contributed by atoms with van der Waals surface area (Å²) in [5.41, 5.74) is 5.08. The lowest BCUT2D eigenvalue weighted by Crippen LogP contribution is -2.51. The average molecular weight is 433 g/mol. The van der Waals surface area contributed by atoms with Crippen molar-refractivity contribution >= 4 is 11.8 Å². The van der Waals surface area contributed by atoms with Crippen molar-refractivity contribution in [2.45, 2.75) is 32.1 Å². The van der Waals surface area contributed by atoms with Gasteiger partial charge >= 0.3 is 0 Å². The number of nitrogens with zero attached hydrogens (tertiary/aromatic N) is 2. The molecule has 166 valence electrons. The molecule has 2 fully saturated rings. The monoisotopic (exact) mass is 433 g/mol. The molecule has 2 saturated heterocycles. The van der Waals surface area contributed by atoms with Gasteiger partial charge < -0.3 is 19.9 Å². The van der Waals surface area contributed by atoms with Gasteiger partial charge in [-0.2, -0.15) is 0 Å². The second-order valence-corrected chi connectivity index (χ2v) is 8.34. The van der Waals surface area contributed by atoms with Crippen LogP contribution in [0.15, 0.2) is 28.8 Å². The van der Waals surface area contributed by atoms with E-state index in [2.05, 4.69) is 5.16 Å². The summed E-state index contributed by atoms with van der Waals surface area (Å²) in [6.07, 6.45) is 2.49. The van der Waals surface area contributed by atoms with Gasteiger partial charge in [-0.15, -0.1) is 0 Å². The molecule has 0 bridgehead atoms. The number of halogens is 2. The van der Waals surface area contributed by atoms with Crippen LogP contribution in [0.25, 0.3) is 11.3 Å². The first-order chi connectivity index (χ1) is 14.9. The summed E-state index contributed by atoms with van der Waals surface area (Å²) >= 11 is 0. The third-order valence-corrected chi connectivity index (χ3v) is 6.37. The molecule has 0 unspecified atom stereocenters. The Balaban J connectivity index is 1.53. The third kappa shape index (κ3) is 4.46. The molecule has 0 spiro atoms. The van der Waals surface area contributed by atoms with E-state index in [-0.39, 0.29) is 29.0 Å². The van der Waals surface area contributed by atoms with Gasteiger partial charge in [-0.25, -0.2) is 8.78 Å². The molecule has 1 aromatic heterocycles. The molecule has 4 rings (SSSR count). The Labute approximate surface area is 178 Å². The van der Waals surface area contributed by atoms with Gasteiger partial charge in [-0.1, -0.05) is 5.16 Å². The molecule has 7 nitrogen and oxygen atoms in total. The minimum absolute atomic E-state index is 0.00429. The van der Waals surface area contributed by atoms with E-state index in [9.17, 15) is 18.4 Å². The maximum absolute atomic E-state index is 14.1. The van der Waals surface area contributed by atoms with Gasteiger partial charge in [0.1, 0.15) is 23.1 Å². The van der Waals surface area contributed by atoms with Crippen molar-refractivity contribution in [2.75, 3.05) is 26.3 Å². The van der Waals surface area contributed by atoms with E-state index < -0.39 is 17.0 Å². The first-order valence-corrected chi connectivity index (χ1v) is 10.5. The summed E-state index contributed by atoms with van der Waals surface area (Å²) in [5.74, 6) is -1.45. The molecular formula is C22H25F2N3O4. The van der Waals surface area contributed by atoms with Crippen LogP contribution in [0.3, 0.4) is 0 Å². The van der Waals surface area contributed by atoms with Crippen LogP contribution in [-0.2, 0) is 20.7 Å². The molecule has 9 heteroatoms. The number of benzene rings is 1. The normalized spacial score (nSPS) is 19.4. The number of amides is 2. The Bertz CT molecular complexity index is 963. The van der Waals surface area contributed by atoms with Crippen LogP contribution < -0.4 is 5.73 Å². The van der Waals surface area contributed by atoms with E-state index in [1.807, 2.05) is 0 Å². The molecule has 2 aliphatic heterocycles. The second-order valence-electron chi connectivity index (χ2n) is 8.34. The van der Waals surface area contributed by atoms with Gasteiger partial charge in [0.05, 0.1) is 5.41 Å². The third-order valence-electron chi connectivity index (χ3n) is 6.37. The molecule has 1 aromatic carbocycles. The zero-order valence-electron chi connectivity index (χ0n) is 17.1. The molecule has 2 aliphatic rings. The molecule has 0 radical (unpaired) electrons. The van der Waals surface area contributed by atoms with Gasteiger partial charge in [0, 0.05) is 56.3 Å². The molecule has 2 aromatic rings. The van der Waals surface area contributed by atoms with E-state index in [0.717, 1.165) is 12.1 Å². The highest BCUT2D eigenvalue weighted by atomic mass is 19.1. The fourth-order valence-corrected chi connectivity index (χ4v) is 4.48. The molecule has 0 aliphatic carbocycles. The van der Waals surface area contributed by atoms with Crippen molar-refractivity contribution in [1.29, 1.82) is 0 Å². The SMILES string of the molecule is NC(=O)C1CCN(C(=O)C2(Cc3cc(-c4ccc(F)cc4F)no3)CCOCC2)CC1. The number of carbonyl (C=O) groups excluding carboxylic acids is 2. The highest BCUT2D eigenvalue weighted by molar-refractivity contribution is 5.84. The Morgan fingerprint density at radius 1 is 1.16 bits per heavy atom. The smallest absolute Gasteiger partial charge is 0.229 e. The molecule has 0 atom stereocenters. The molecular weight excluding hydrogens is 408 g/mol. The first kappa shape index (κ1) is 21.4. The lowest BCUT2D eigenvalue weighted by molar-refractivity contribution is -0.150. The number of nitrogens with two attached hydrogens (primary N) is 1. The fourth-order valence-electron chi connectivity index (χ4n) is 4.48. The van der Waals surface area contributed by atoms with Crippen molar-refractivity contribution in [3.63, 3.8) is 0 Å². The minimum Gasteiger partial charge on any atom is -0.381 e. The highest BCUT2D eigenvalue weighted by Gasteiger charge is 2.44. The van der Waals surface area contributed by atoms with Crippen LogP contribution in [0.4, 0.5) is 8.78 Å². The first-order valence-electron chi connectivity index (χ1n) is 10.5. The number of rotatable bonds is 5. The summed E-state index contributed by atoms with van der Waals surface area (Å²) in [6, 6.07) is 4.86. The summed E-state index contributed by atoms with van der Waals surface area (Å²) in [4.78, 5) is 26.7. The van der Waals surface area contributed by atoms with Crippen LogP contribution in [-0.4, -0.2) is 48.2 Å². The minimum atomic E-state index is -0.728. The number of ether oxygens (including phenoxy) is 1. The largest absolute Gasteiger partial charge is 0.381 e. The standard InChI is InChI=1S/C22H25F2N3O4/c23-15-1-2-17(18(24)11-15)19-12-16(31-26-19)13-22(5-9-30-10-6-22)21(29)27-7-3-14(4-8-27)20(25)28/h1-2,11-12,14H,3-10,13H2,(H2,25,28). The van der Waals surface area contributed by atoms with Crippen molar-refractivity contribution in [3.05, 3.63) is 41.7 Å². The zero-order chi connectivity index (χ0) is 22.0. The fraction of sp³-hybridized carbons (Fsp3) is 0.500. The lowest BCUT2D eigenvalue weighted by Gasteiger charge is -2.41. The second kappa shape index (κ2) is 8.74. The Kier molecular flexibility index (Phi) is 6.04. The van der Waals surface area contributed by atoms with Gasteiger partial charge in [0.25, 0.3) is 0 Å². The quantitative estimate of drug-likeness (QED) is 0.782. The molecule has 31 heavy (non-hydrogen) atoms. The van der Waals surface area contributed by atoms with E-state index in [4.69, 9.17) is 15.0 Å². The van der Waals surface area contributed by atoms with Crippen LogP contribution in [0.5, 0.6) is 0 Å². The topological polar surface area (TPSA) is 98.7 Å².